The molecule has 0 aromatic heterocycles. The predicted octanol–water partition coefficient (Wildman–Crippen LogP) is 5.30. The zero-order valence-electron chi connectivity index (χ0n) is 31.2. The molecule has 288 valence electrons. The topological polar surface area (TPSA) is 142 Å². The van der Waals surface area contributed by atoms with Crippen LogP contribution >= 0.6 is 0 Å². The number of rotatable bonds is 11. The summed E-state index contributed by atoms with van der Waals surface area (Å²) in [5, 5.41) is 18.3. The largest absolute Gasteiger partial charge is 0.467 e. The number of urea groups is 1. The second-order valence-electron chi connectivity index (χ2n) is 14.6. The third-order valence-corrected chi connectivity index (χ3v) is 11.2. The Labute approximate surface area is 321 Å². The summed E-state index contributed by atoms with van der Waals surface area (Å²) in [7, 11) is 1.30. The summed E-state index contributed by atoms with van der Waals surface area (Å²) in [6.45, 7) is 4.76. The standard InChI is InChI=1S/C43H49N5O7/c1-29-37(26-47-23-21-43(22-24-47)41(51)44-28-48(43)35-11-7-4-8-12-35)54-40(55-38(29)32-15-13-31(27-49)14-16-32)33-17-19-34(20-18-33)45-42(52)46-36(39(50)53-2)25-30-9-5-3-6-10-30/h3-20,29,36-38,40,49H,21-28H2,1-2H3,(H,44,51)(H2,45,46,52)/t29-,36+,37+,38+,40+/m1/s1. The zero-order chi connectivity index (χ0) is 38.4. The van der Waals surface area contributed by atoms with Crippen molar-refractivity contribution in [1.82, 2.24) is 15.5 Å². The third-order valence-electron chi connectivity index (χ3n) is 11.2. The number of ether oxygens (including phenoxy) is 3. The molecule has 3 aliphatic rings. The number of piperidine rings is 1. The van der Waals surface area contributed by atoms with Crippen LogP contribution in [0.2, 0.25) is 0 Å². The smallest absolute Gasteiger partial charge is 0.328 e. The van der Waals surface area contributed by atoms with Crippen molar-refractivity contribution >= 4 is 29.3 Å². The molecule has 5 atom stereocenters. The highest BCUT2D eigenvalue weighted by atomic mass is 16.7. The number of aliphatic hydroxyl groups excluding tert-OH is 1. The molecule has 0 saturated carbocycles. The fourth-order valence-corrected chi connectivity index (χ4v) is 7.96. The molecule has 0 bridgehead atoms. The van der Waals surface area contributed by atoms with Gasteiger partial charge in [0.05, 0.1) is 32.6 Å². The van der Waals surface area contributed by atoms with Crippen molar-refractivity contribution in [1.29, 1.82) is 0 Å². The first-order chi connectivity index (χ1) is 26.8. The lowest BCUT2D eigenvalue weighted by Crippen LogP contribution is -2.57. The van der Waals surface area contributed by atoms with Gasteiger partial charge in [0.2, 0.25) is 5.91 Å². The molecular formula is C43H49N5O7. The minimum atomic E-state index is -0.860. The number of likely N-dealkylation sites (tertiary alicyclic amines) is 1. The van der Waals surface area contributed by atoms with Crippen LogP contribution in [-0.4, -0.2) is 79.0 Å². The molecule has 0 unspecified atom stereocenters. The van der Waals surface area contributed by atoms with Gasteiger partial charge in [-0.1, -0.05) is 91.9 Å². The number of esters is 1. The number of nitrogens with zero attached hydrogens (tertiary/aromatic N) is 2. The molecule has 7 rings (SSSR count). The highest BCUT2D eigenvalue weighted by Gasteiger charge is 2.51. The SMILES string of the molecule is COC(=O)[C@H](Cc1ccccc1)NC(=O)Nc1ccc([C@H]2O[C@@H](CN3CCC4(CC3)C(=O)NCN4c3ccccc3)[C@@H](C)[C@@H](c3ccc(CO)cc3)O2)cc1. The molecule has 3 aliphatic heterocycles. The van der Waals surface area contributed by atoms with E-state index in [9.17, 15) is 19.5 Å². The van der Waals surface area contributed by atoms with Gasteiger partial charge < -0.3 is 45.1 Å². The minimum absolute atomic E-state index is 0.00834. The van der Waals surface area contributed by atoms with Crippen LogP contribution in [0.1, 0.15) is 54.4 Å². The molecule has 4 aromatic rings. The number of hydrogen-bond acceptors (Lipinski definition) is 9. The van der Waals surface area contributed by atoms with Gasteiger partial charge in [-0.3, -0.25) is 4.79 Å². The molecular weight excluding hydrogens is 699 g/mol. The summed E-state index contributed by atoms with van der Waals surface area (Å²) < 4.78 is 18.3. The second-order valence-corrected chi connectivity index (χ2v) is 14.6. The number of aliphatic hydroxyl groups is 1. The quantitative estimate of drug-likeness (QED) is 0.150. The average Bonchev–Trinajstić information content (AvgIpc) is 3.54. The Morgan fingerprint density at radius 3 is 2.20 bits per heavy atom. The summed E-state index contributed by atoms with van der Waals surface area (Å²) in [5.41, 5.74) is 4.50. The van der Waals surface area contributed by atoms with E-state index in [0.29, 0.717) is 38.2 Å². The van der Waals surface area contributed by atoms with Crippen LogP contribution in [0.25, 0.3) is 0 Å². The number of carbonyl (C=O) groups excluding carboxylic acids is 3. The molecule has 3 amide bonds. The fourth-order valence-electron chi connectivity index (χ4n) is 7.96. The number of carbonyl (C=O) groups is 3. The molecule has 12 nitrogen and oxygen atoms in total. The molecule has 12 heteroatoms. The summed E-state index contributed by atoms with van der Waals surface area (Å²) in [4.78, 5) is 43.4. The van der Waals surface area contributed by atoms with Gasteiger partial charge in [0.1, 0.15) is 11.6 Å². The molecule has 3 heterocycles. The molecule has 1 spiro atoms. The first-order valence-corrected chi connectivity index (χ1v) is 18.9. The van der Waals surface area contributed by atoms with Gasteiger partial charge in [0.25, 0.3) is 0 Å². The Kier molecular flexibility index (Phi) is 11.8. The fraction of sp³-hybridized carbons (Fsp3) is 0.372. The van der Waals surface area contributed by atoms with E-state index in [2.05, 4.69) is 44.8 Å². The first kappa shape index (κ1) is 38.0. The number of nitrogens with one attached hydrogen (secondary N) is 3. The van der Waals surface area contributed by atoms with Gasteiger partial charge in [-0.25, -0.2) is 9.59 Å². The van der Waals surface area contributed by atoms with Gasteiger partial charge in [0, 0.05) is 48.9 Å². The van der Waals surface area contributed by atoms with Crippen LogP contribution in [0.3, 0.4) is 0 Å². The van der Waals surface area contributed by atoms with Crippen molar-refractivity contribution in [2.24, 2.45) is 5.92 Å². The second kappa shape index (κ2) is 17.0. The van der Waals surface area contributed by atoms with Gasteiger partial charge in [-0.15, -0.1) is 0 Å². The highest BCUT2D eigenvalue weighted by Crippen LogP contribution is 2.43. The van der Waals surface area contributed by atoms with E-state index in [4.69, 9.17) is 14.2 Å². The van der Waals surface area contributed by atoms with Crippen molar-refractivity contribution in [3.8, 4) is 0 Å². The molecule has 4 N–H and O–H groups in total. The normalized spacial score (nSPS) is 22.8. The van der Waals surface area contributed by atoms with E-state index in [1.807, 2.05) is 84.9 Å². The van der Waals surface area contributed by atoms with Crippen LogP contribution in [-0.2, 0) is 36.8 Å². The van der Waals surface area contributed by atoms with Gasteiger partial charge in [-0.05, 0) is 53.8 Å². The van der Waals surface area contributed by atoms with E-state index >= 15 is 0 Å². The molecule has 3 saturated heterocycles. The molecule has 55 heavy (non-hydrogen) atoms. The van der Waals surface area contributed by atoms with Gasteiger partial charge in [-0.2, -0.15) is 0 Å². The minimum Gasteiger partial charge on any atom is -0.467 e. The maximum Gasteiger partial charge on any atom is 0.328 e. The van der Waals surface area contributed by atoms with E-state index in [0.717, 1.165) is 41.0 Å². The maximum absolute atomic E-state index is 13.3. The van der Waals surface area contributed by atoms with Crippen molar-refractivity contribution in [2.45, 2.75) is 62.9 Å². The maximum atomic E-state index is 13.3. The summed E-state index contributed by atoms with van der Waals surface area (Å²) in [6, 6.07) is 33.3. The Bertz CT molecular complexity index is 1900. The van der Waals surface area contributed by atoms with Crippen molar-refractivity contribution in [2.75, 3.05) is 43.6 Å². The first-order valence-electron chi connectivity index (χ1n) is 18.9. The van der Waals surface area contributed by atoms with Gasteiger partial charge in [0.15, 0.2) is 6.29 Å². The predicted molar refractivity (Wildman–Crippen MR) is 208 cm³/mol. The average molecular weight is 748 g/mol. The summed E-state index contributed by atoms with van der Waals surface area (Å²) in [6.07, 6.45) is 0.530. The number of amides is 3. The van der Waals surface area contributed by atoms with Crippen molar-refractivity contribution < 1.29 is 33.7 Å². The van der Waals surface area contributed by atoms with Crippen LogP contribution in [0.15, 0.2) is 109 Å². The molecule has 0 radical (unpaired) electrons. The number of anilines is 2. The monoisotopic (exact) mass is 747 g/mol. The van der Waals surface area contributed by atoms with Crippen molar-refractivity contribution in [3.63, 3.8) is 0 Å². The zero-order valence-corrected chi connectivity index (χ0v) is 31.2. The summed E-state index contributed by atoms with van der Waals surface area (Å²) in [5.74, 6) is -0.456. The Hall–Kier alpha value is -5.27. The van der Waals surface area contributed by atoms with E-state index in [1.165, 1.54) is 7.11 Å². The number of methoxy groups -OCH3 is 1. The number of para-hydroxylation sites is 1. The molecule has 4 aromatic carbocycles. The van der Waals surface area contributed by atoms with Crippen LogP contribution < -0.4 is 20.9 Å². The van der Waals surface area contributed by atoms with E-state index in [1.54, 1.807) is 12.1 Å². The van der Waals surface area contributed by atoms with Crippen LogP contribution in [0.5, 0.6) is 0 Å². The number of hydrogen-bond donors (Lipinski definition) is 4. The Morgan fingerprint density at radius 2 is 1.55 bits per heavy atom. The lowest BCUT2D eigenvalue weighted by Gasteiger charge is -2.46. The van der Waals surface area contributed by atoms with Gasteiger partial charge >= 0.3 is 12.0 Å². The highest BCUT2D eigenvalue weighted by molar-refractivity contribution is 5.94. The van der Waals surface area contributed by atoms with Crippen LogP contribution in [0, 0.1) is 5.92 Å². The Balaban J connectivity index is 1.04. The number of benzene rings is 4. The lowest BCUT2D eigenvalue weighted by atomic mass is 9.84. The van der Waals surface area contributed by atoms with Crippen LogP contribution in [0.4, 0.5) is 16.2 Å². The molecule has 3 fully saturated rings. The van der Waals surface area contributed by atoms with E-state index in [-0.39, 0.29) is 30.6 Å². The van der Waals surface area contributed by atoms with Crippen molar-refractivity contribution in [3.05, 3.63) is 131 Å². The Morgan fingerprint density at radius 1 is 0.891 bits per heavy atom. The van der Waals surface area contributed by atoms with E-state index < -0.39 is 29.9 Å². The third kappa shape index (κ3) is 8.52. The lowest BCUT2D eigenvalue weighted by molar-refractivity contribution is -0.276. The molecule has 0 aliphatic carbocycles. The summed E-state index contributed by atoms with van der Waals surface area (Å²) >= 11 is 0.